The second-order valence-corrected chi connectivity index (χ2v) is 8.86. The number of hydrogen-bond acceptors (Lipinski definition) is 5. The molecule has 4 aromatic rings. The van der Waals surface area contributed by atoms with E-state index in [0.717, 1.165) is 33.7 Å². The lowest BCUT2D eigenvalue weighted by atomic mass is 9.95. The number of nitrogens with zero attached hydrogens (tertiary/aromatic N) is 2. The van der Waals surface area contributed by atoms with Crippen LogP contribution in [0.1, 0.15) is 29.7 Å². The highest BCUT2D eigenvalue weighted by Crippen LogP contribution is 2.45. The number of hydrogen-bond donors (Lipinski definition) is 1. The minimum absolute atomic E-state index is 0.0406. The Balaban J connectivity index is 1.73. The number of aliphatic hydroxyl groups excluding tert-OH is 1. The van der Waals surface area contributed by atoms with Crippen LogP contribution in [0.25, 0.3) is 16.0 Å². The van der Waals surface area contributed by atoms with E-state index in [1.807, 2.05) is 25.1 Å². The zero-order valence-electron chi connectivity index (χ0n) is 18.0. The molecule has 1 N–H and O–H groups in total. The summed E-state index contributed by atoms with van der Waals surface area (Å²) in [7, 11) is 0. The van der Waals surface area contributed by atoms with Crippen molar-refractivity contribution in [2.75, 3.05) is 4.90 Å². The summed E-state index contributed by atoms with van der Waals surface area (Å²) in [5, 5.41) is 11.2. The topological polar surface area (TPSA) is 70.5 Å². The zero-order valence-corrected chi connectivity index (χ0v) is 18.8. The second-order valence-electron chi connectivity index (χ2n) is 7.85. The molecule has 3 aromatic carbocycles. The van der Waals surface area contributed by atoms with Gasteiger partial charge in [0.1, 0.15) is 23.4 Å². The highest BCUT2D eigenvalue weighted by Gasteiger charge is 2.49. The maximum Gasteiger partial charge on any atom is 0.301 e. The van der Waals surface area contributed by atoms with Crippen molar-refractivity contribution in [1.82, 2.24) is 4.98 Å². The Labute approximate surface area is 197 Å². The lowest BCUT2D eigenvalue weighted by Crippen LogP contribution is -2.29. The second kappa shape index (κ2) is 8.46. The third-order valence-electron chi connectivity index (χ3n) is 5.82. The molecule has 0 bridgehead atoms. The Morgan fingerprint density at radius 2 is 1.79 bits per heavy atom. The standard InChI is InChI=1S/C26H18F2N2O3S/c1-2-14-7-12-19-20(13-14)34-26(29-19)30-22(17-5-3-4-6-18(17)28)21(24(32)25(30)33)23(31)15-8-10-16(27)11-9-15/h3-13,22,31H,2H2,1H3/t22-/m0/s1. The number of halogens is 2. The van der Waals surface area contributed by atoms with Gasteiger partial charge in [0.05, 0.1) is 15.8 Å². The van der Waals surface area contributed by atoms with E-state index in [4.69, 9.17) is 0 Å². The molecule has 1 aliphatic heterocycles. The lowest BCUT2D eigenvalue weighted by molar-refractivity contribution is -0.132. The molecular formula is C26H18F2N2O3S. The summed E-state index contributed by atoms with van der Waals surface area (Å²) in [6, 6.07) is 15.1. The maximum absolute atomic E-state index is 15.0. The van der Waals surface area contributed by atoms with Crippen LogP contribution >= 0.6 is 11.3 Å². The number of aliphatic hydroxyl groups is 1. The average molecular weight is 477 g/mol. The summed E-state index contributed by atoms with van der Waals surface area (Å²) >= 11 is 1.21. The molecule has 5 rings (SSSR count). The Morgan fingerprint density at radius 1 is 1.06 bits per heavy atom. The Kier molecular flexibility index (Phi) is 5.45. The molecule has 0 unspecified atom stereocenters. The van der Waals surface area contributed by atoms with Gasteiger partial charge in [0.25, 0.3) is 5.78 Å². The van der Waals surface area contributed by atoms with Crippen LogP contribution < -0.4 is 4.90 Å². The summed E-state index contributed by atoms with van der Waals surface area (Å²) in [5.41, 5.74) is 1.63. The van der Waals surface area contributed by atoms with Crippen LogP contribution in [0.5, 0.6) is 0 Å². The number of Topliss-reactive ketones (excluding diaryl/α,β-unsaturated/α-hetero) is 1. The fourth-order valence-electron chi connectivity index (χ4n) is 4.06. The van der Waals surface area contributed by atoms with E-state index in [-0.39, 0.29) is 21.8 Å². The summed E-state index contributed by atoms with van der Waals surface area (Å²) in [4.78, 5) is 32.0. The Hall–Kier alpha value is -3.91. The lowest BCUT2D eigenvalue weighted by Gasteiger charge is -2.23. The monoisotopic (exact) mass is 476 g/mol. The number of carbonyl (C=O) groups excluding carboxylic acids is 2. The molecule has 1 amide bonds. The number of thiazole rings is 1. The van der Waals surface area contributed by atoms with E-state index in [9.17, 15) is 23.5 Å². The van der Waals surface area contributed by atoms with Gasteiger partial charge in [0, 0.05) is 11.1 Å². The molecule has 1 aromatic heterocycles. The van der Waals surface area contributed by atoms with Crippen molar-refractivity contribution in [2.24, 2.45) is 0 Å². The van der Waals surface area contributed by atoms with Gasteiger partial charge in [-0.15, -0.1) is 0 Å². The predicted octanol–water partition coefficient (Wildman–Crippen LogP) is 5.76. The fraction of sp³-hybridized carbons (Fsp3) is 0.115. The molecule has 1 fully saturated rings. The molecule has 1 saturated heterocycles. The molecule has 1 atom stereocenters. The molecular weight excluding hydrogens is 458 g/mol. The maximum atomic E-state index is 15.0. The predicted molar refractivity (Wildman–Crippen MR) is 127 cm³/mol. The third kappa shape index (κ3) is 3.56. The van der Waals surface area contributed by atoms with E-state index in [2.05, 4.69) is 4.98 Å². The van der Waals surface area contributed by atoms with Crippen molar-refractivity contribution in [3.8, 4) is 0 Å². The Bertz CT molecular complexity index is 1480. The van der Waals surface area contributed by atoms with Gasteiger partial charge in [-0.3, -0.25) is 14.5 Å². The van der Waals surface area contributed by atoms with E-state index in [1.165, 1.54) is 41.7 Å². The van der Waals surface area contributed by atoms with Gasteiger partial charge in [0.15, 0.2) is 5.13 Å². The van der Waals surface area contributed by atoms with Crippen LogP contribution in [0.4, 0.5) is 13.9 Å². The van der Waals surface area contributed by atoms with Crippen LogP contribution in [-0.2, 0) is 16.0 Å². The molecule has 5 nitrogen and oxygen atoms in total. The van der Waals surface area contributed by atoms with Crippen LogP contribution in [0, 0.1) is 11.6 Å². The summed E-state index contributed by atoms with van der Waals surface area (Å²) in [5.74, 6) is -3.57. The first-order valence-electron chi connectivity index (χ1n) is 10.6. The molecule has 170 valence electrons. The highest BCUT2D eigenvalue weighted by molar-refractivity contribution is 7.22. The van der Waals surface area contributed by atoms with Gasteiger partial charge >= 0.3 is 5.91 Å². The number of aromatic nitrogens is 1. The molecule has 0 saturated carbocycles. The molecule has 1 aliphatic rings. The number of aryl methyl sites for hydroxylation is 1. The smallest absolute Gasteiger partial charge is 0.301 e. The average Bonchev–Trinajstić information content (AvgIpc) is 3.37. The largest absolute Gasteiger partial charge is 0.507 e. The van der Waals surface area contributed by atoms with Crippen molar-refractivity contribution < 1.29 is 23.5 Å². The highest BCUT2D eigenvalue weighted by atomic mass is 32.1. The van der Waals surface area contributed by atoms with Gasteiger partial charge < -0.3 is 5.11 Å². The van der Waals surface area contributed by atoms with E-state index >= 15 is 0 Å². The summed E-state index contributed by atoms with van der Waals surface area (Å²) in [6.45, 7) is 2.02. The van der Waals surface area contributed by atoms with Crippen molar-refractivity contribution in [3.05, 3.63) is 101 Å². The first kappa shape index (κ1) is 21.9. The van der Waals surface area contributed by atoms with Gasteiger partial charge in [-0.05, 0) is 54.4 Å². The molecule has 34 heavy (non-hydrogen) atoms. The number of amides is 1. The molecule has 8 heteroatoms. The van der Waals surface area contributed by atoms with Crippen LogP contribution in [0.15, 0.2) is 72.3 Å². The SMILES string of the molecule is CCc1ccc2nc(N3C(=O)C(=O)C(=C(O)c4ccc(F)cc4)[C@@H]3c3ccccc3F)sc2c1. The number of rotatable bonds is 4. The molecule has 0 spiro atoms. The minimum Gasteiger partial charge on any atom is -0.507 e. The number of fused-ring (bicyclic) bond motifs is 1. The fourth-order valence-corrected chi connectivity index (χ4v) is 5.12. The van der Waals surface area contributed by atoms with Crippen molar-refractivity contribution in [3.63, 3.8) is 0 Å². The van der Waals surface area contributed by atoms with E-state index < -0.39 is 35.1 Å². The number of benzene rings is 3. The third-order valence-corrected chi connectivity index (χ3v) is 6.84. The quantitative estimate of drug-likeness (QED) is 0.231. The summed E-state index contributed by atoms with van der Waals surface area (Å²) < 4.78 is 29.2. The summed E-state index contributed by atoms with van der Waals surface area (Å²) in [6.07, 6.45) is 0.820. The first-order valence-corrected chi connectivity index (χ1v) is 11.4. The van der Waals surface area contributed by atoms with Gasteiger partial charge in [-0.25, -0.2) is 13.8 Å². The normalized spacial score (nSPS) is 17.6. The molecule has 0 aliphatic carbocycles. The van der Waals surface area contributed by atoms with Gasteiger partial charge in [0.2, 0.25) is 0 Å². The molecule has 2 heterocycles. The van der Waals surface area contributed by atoms with Gasteiger partial charge in [-0.2, -0.15) is 0 Å². The van der Waals surface area contributed by atoms with Crippen LogP contribution in [-0.4, -0.2) is 21.8 Å². The zero-order chi connectivity index (χ0) is 24.0. The van der Waals surface area contributed by atoms with E-state index in [0.29, 0.717) is 5.52 Å². The van der Waals surface area contributed by atoms with Gasteiger partial charge in [-0.1, -0.05) is 42.5 Å². The number of ketones is 1. The van der Waals surface area contributed by atoms with Crippen molar-refractivity contribution >= 4 is 44.1 Å². The van der Waals surface area contributed by atoms with Crippen LogP contribution in [0.2, 0.25) is 0 Å². The van der Waals surface area contributed by atoms with Crippen LogP contribution in [0.3, 0.4) is 0 Å². The number of anilines is 1. The Morgan fingerprint density at radius 3 is 2.50 bits per heavy atom. The van der Waals surface area contributed by atoms with Crippen molar-refractivity contribution in [2.45, 2.75) is 19.4 Å². The number of carbonyl (C=O) groups is 2. The van der Waals surface area contributed by atoms with E-state index in [1.54, 1.807) is 6.07 Å². The first-order chi connectivity index (χ1) is 16.4. The van der Waals surface area contributed by atoms with Crippen molar-refractivity contribution in [1.29, 1.82) is 0 Å². The minimum atomic E-state index is -1.24. The molecule has 0 radical (unpaired) electrons.